The first-order valence-corrected chi connectivity index (χ1v) is 10.2. The first-order valence-electron chi connectivity index (χ1n) is 10.2. The van der Waals surface area contributed by atoms with Crippen LogP contribution in [0.15, 0.2) is 55.0 Å². The third kappa shape index (κ3) is 3.53. The molecule has 29 heavy (non-hydrogen) atoms. The second-order valence-electron chi connectivity index (χ2n) is 8.33. The zero-order valence-electron chi connectivity index (χ0n) is 18.1. The predicted molar refractivity (Wildman–Crippen MR) is 120 cm³/mol. The molecule has 4 rings (SSSR count). The molecule has 2 aromatic carbocycles. The van der Waals surface area contributed by atoms with Crippen molar-refractivity contribution in [3.05, 3.63) is 77.2 Å². The SMILES string of the molecule is Cc1cc(C)c(C)c(-c2c3ccc(-c4ncc(C(C)C)cn4)cc3cc[n+]2C)c1. The highest BCUT2D eigenvalue weighted by Gasteiger charge is 2.19. The van der Waals surface area contributed by atoms with Crippen molar-refractivity contribution in [1.82, 2.24) is 9.97 Å². The zero-order chi connectivity index (χ0) is 20.7. The molecule has 0 radical (unpaired) electrons. The molecular formula is C26H28N3+. The van der Waals surface area contributed by atoms with Gasteiger partial charge in [-0.1, -0.05) is 31.5 Å². The van der Waals surface area contributed by atoms with Crippen LogP contribution in [0.2, 0.25) is 0 Å². The maximum Gasteiger partial charge on any atom is 0.220 e. The van der Waals surface area contributed by atoms with Crippen molar-refractivity contribution in [1.29, 1.82) is 0 Å². The van der Waals surface area contributed by atoms with Crippen molar-refractivity contribution in [3.63, 3.8) is 0 Å². The van der Waals surface area contributed by atoms with Gasteiger partial charge in [0.05, 0.1) is 10.9 Å². The van der Waals surface area contributed by atoms with Gasteiger partial charge in [-0.15, -0.1) is 0 Å². The van der Waals surface area contributed by atoms with Gasteiger partial charge in [-0.25, -0.2) is 14.5 Å². The molecule has 0 saturated carbocycles. The molecule has 0 N–H and O–H groups in total. The Hall–Kier alpha value is -3.07. The summed E-state index contributed by atoms with van der Waals surface area (Å²) in [7, 11) is 2.12. The minimum Gasteiger partial charge on any atom is -0.236 e. The van der Waals surface area contributed by atoms with Gasteiger partial charge in [0.25, 0.3) is 0 Å². The van der Waals surface area contributed by atoms with Crippen LogP contribution < -0.4 is 4.57 Å². The molecule has 0 atom stereocenters. The Labute approximate surface area is 173 Å². The van der Waals surface area contributed by atoms with Crippen molar-refractivity contribution >= 4 is 10.8 Å². The summed E-state index contributed by atoms with van der Waals surface area (Å²) in [6.07, 6.45) is 6.01. The van der Waals surface area contributed by atoms with E-state index in [-0.39, 0.29) is 0 Å². The standard InChI is InChI=1S/C26H28N3/c1-16(2)22-14-27-26(28-15-22)21-7-8-23-20(13-21)9-10-29(6)25(23)24-12-17(3)11-18(4)19(24)5/h7-16H,1-6H3/q+1. The van der Waals surface area contributed by atoms with Crippen molar-refractivity contribution in [3.8, 4) is 22.6 Å². The molecule has 3 nitrogen and oxygen atoms in total. The molecule has 4 aromatic rings. The maximum atomic E-state index is 4.60. The maximum absolute atomic E-state index is 4.60. The van der Waals surface area contributed by atoms with Crippen molar-refractivity contribution < 1.29 is 4.57 Å². The lowest BCUT2D eigenvalue weighted by Crippen LogP contribution is -2.30. The summed E-state index contributed by atoms with van der Waals surface area (Å²) in [6, 6.07) is 13.2. The smallest absolute Gasteiger partial charge is 0.220 e. The molecule has 0 unspecified atom stereocenters. The predicted octanol–water partition coefficient (Wildman–Crippen LogP) is 5.84. The molecule has 0 saturated heterocycles. The van der Waals surface area contributed by atoms with E-state index in [0.717, 1.165) is 17.0 Å². The number of rotatable bonds is 3. The van der Waals surface area contributed by atoms with E-state index in [1.165, 1.54) is 38.7 Å². The van der Waals surface area contributed by atoms with Crippen LogP contribution in [-0.4, -0.2) is 9.97 Å². The Bertz CT molecular complexity index is 1210. The second kappa shape index (κ2) is 7.40. The Kier molecular flexibility index (Phi) is 4.91. The van der Waals surface area contributed by atoms with E-state index in [9.17, 15) is 0 Å². The first kappa shape index (κ1) is 19.3. The van der Waals surface area contributed by atoms with E-state index in [0.29, 0.717) is 5.92 Å². The van der Waals surface area contributed by atoms with Gasteiger partial charge >= 0.3 is 0 Å². The number of fused-ring (bicyclic) bond motifs is 1. The van der Waals surface area contributed by atoms with Crippen molar-refractivity contribution in [2.45, 2.75) is 40.5 Å². The van der Waals surface area contributed by atoms with Gasteiger partial charge in [-0.3, -0.25) is 0 Å². The summed E-state index contributed by atoms with van der Waals surface area (Å²) in [4.78, 5) is 9.19. The highest BCUT2D eigenvalue weighted by molar-refractivity contribution is 5.95. The third-order valence-electron chi connectivity index (χ3n) is 5.80. The van der Waals surface area contributed by atoms with E-state index in [2.05, 4.69) is 98.8 Å². The lowest BCUT2D eigenvalue weighted by Gasteiger charge is -2.12. The van der Waals surface area contributed by atoms with E-state index in [4.69, 9.17) is 0 Å². The van der Waals surface area contributed by atoms with Gasteiger partial charge in [-0.05, 0) is 67.0 Å². The minimum atomic E-state index is 0.434. The van der Waals surface area contributed by atoms with E-state index in [1.54, 1.807) is 0 Å². The quantitative estimate of drug-likeness (QED) is 0.417. The normalized spacial score (nSPS) is 11.4. The number of nitrogens with zero attached hydrogens (tertiary/aromatic N) is 3. The fourth-order valence-electron chi connectivity index (χ4n) is 3.92. The Morgan fingerprint density at radius 1 is 0.897 bits per heavy atom. The molecule has 0 aliphatic heterocycles. The number of pyridine rings is 1. The first-order chi connectivity index (χ1) is 13.8. The number of benzene rings is 2. The number of aryl methyl sites for hydroxylation is 3. The van der Waals surface area contributed by atoms with Crippen LogP contribution in [0.25, 0.3) is 33.4 Å². The highest BCUT2D eigenvalue weighted by Crippen LogP contribution is 2.32. The zero-order valence-corrected chi connectivity index (χ0v) is 18.1. The third-order valence-corrected chi connectivity index (χ3v) is 5.80. The Morgan fingerprint density at radius 2 is 1.62 bits per heavy atom. The van der Waals surface area contributed by atoms with Crippen LogP contribution in [0.1, 0.15) is 42.0 Å². The lowest BCUT2D eigenvalue weighted by atomic mass is 9.94. The van der Waals surface area contributed by atoms with Gasteiger partial charge in [0.2, 0.25) is 5.69 Å². The largest absolute Gasteiger partial charge is 0.236 e. The van der Waals surface area contributed by atoms with Gasteiger partial charge in [0, 0.05) is 24.0 Å². The van der Waals surface area contributed by atoms with E-state index >= 15 is 0 Å². The minimum absolute atomic E-state index is 0.434. The number of aromatic nitrogens is 3. The average molecular weight is 383 g/mol. The molecule has 3 heteroatoms. The van der Waals surface area contributed by atoms with Gasteiger partial charge in [0.15, 0.2) is 12.0 Å². The van der Waals surface area contributed by atoms with E-state index in [1.807, 2.05) is 12.4 Å². The summed E-state index contributed by atoms with van der Waals surface area (Å²) in [6.45, 7) is 10.9. The molecule has 0 spiro atoms. The van der Waals surface area contributed by atoms with Gasteiger partial charge in [-0.2, -0.15) is 0 Å². The molecule has 0 fully saturated rings. The summed E-state index contributed by atoms with van der Waals surface area (Å²) in [5, 5.41) is 2.44. The van der Waals surface area contributed by atoms with Gasteiger partial charge < -0.3 is 0 Å². The van der Waals surface area contributed by atoms with Crippen LogP contribution >= 0.6 is 0 Å². The Morgan fingerprint density at radius 3 is 2.31 bits per heavy atom. The summed E-state index contributed by atoms with van der Waals surface area (Å²) in [5.74, 6) is 1.21. The molecule has 0 amide bonds. The summed E-state index contributed by atoms with van der Waals surface area (Å²) in [5.41, 5.74) is 8.69. The van der Waals surface area contributed by atoms with Crippen LogP contribution in [0.5, 0.6) is 0 Å². The van der Waals surface area contributed by atoms with Crippen LogP contribution in [0, 0.1) is 20.8 Å². The average Bonchev–Trinajstić information content (AvgIpc) is 2.70. The lowest BCUT2D eigenvalue weighted by molar-refractivity contribution is -0.659. The molecule has 0 bridgehead atoms. The molecule has 0 aliphatic carbocycles. The summed E-state index contributed by atoms with van der Waals surface area (Å²) >= 11 is 0. The van der Waals surface area contributed by atoms with Crippen LogP contribution in [0.3, 0.4) is 0 Å². The fourth-order valence-corrected chi connectivity index (χ4v) is 3.92. The van der Waals surface area contributed by atoms with Gasteiger partial charge in [0.1, 0.15) is 7.05 Å². The molecule has 2 aromatic heterocycles. The number of hydrogen-bond acceptors (Lipinski definition) is 2. The highest BCUT2D eigenvalue weighted by atomic mass is 14.9. The topological polar surface area (TPSA) is 29.7 Å². The Balaban J connectivity index is 1.88. The fraction of sp³-hybridized carbons (Fsp3) is 0.269. The summed E-state index contributed by atoms with van der Waals surface area (Å²) < 4.78 is 2.22. The molecule has 0 aliphatic rings. The monoisotopic (exact) mass is 382 g/mol. The second-order valence-corrected chi connectivity index (χ2v) is 8.33. The van der Waals surface area contributed by atoms with Crippen LogP contribution in [0.4, 0.5) is 0 Å². The number of hydrogen-bond donors (Lipinski definition) is 0. The van der Waals surface area contributed by atoms with Crippen molar-refractivity contribution in [2.24, 2.45) is 7.05 Å². The van der Waals surface area contributed by atoms with Crippen molar-refractivity contribution in [2.75, 3.05) is 0 Å². The van der Waals surface area contributed by atoms with Crippen LogP contribution in [-0.2, 0) is 7.05 Å². The molecule has 146 valence electrons. The molecular weight excluding hydrogens is 354 g/mol. The van der Waals surface area contributed by atoms with E-state index < -0.39 is 0 Å². The molecule has 2 heterocycles.